The molecule has 1 fully saturated rings. The van der Waals surface area contributed by atoms with Gasteiger partial charge < -0.3 is 15.4 Å². The second kappa shape index (κ2) is 5.72. The van der Waals surface area contributed by atoms with E-state index < -0.39 is 0 Å². The highest BCUT2D eigenvalue weighted by atomic mass is 16.5. The molecule has 18 heavy (non-hydrogen) atoms. The number of nitrogens with one attached hydrogen (secondary N) is 2. The van der Waals surface area contributed by atoms with E-state index >= 15 is 0 Å². The van der Waals surface area contributed by atoms with Gasteiger partial charge in [0.25, 0.3) is 0 Å². The van der Waals surface area contributed by atoms with Crippen LogP contribution in [-0.4, -0.2) is 32.8 Å². The first-order valence-electron chi connectivity index (χ1n) is 7.08. The zero-order chi connectivity index (χ0) is 12.2. The molecular weight excluding hydrogens is 224 g/mol. The predicted octanol–water partition coefficient (Wildman–Crippen LogP) is 1.36. The van der Waals surface area contributed by atoms with Crippen molar-refractivity contribution in [2.45, 2.75) is 19.3 Å². The lowest BCUT2D eigenvalue weighted by molar-refractivity contribution is 0.288. The van der Waals surface area contributed by atoms with Gasteiger partial charge in [0, 0.05) is 19.6 Å². The molecule has 0 aromatic heterocycles. The van der Waals surface area contributed by atoms with Gasteiger partial charge in [-0.15, -0.1) is 0 Å². The summed E-state index contributed by atoms with van der Waals surface area (Å²) in [4.78, 5) is 0. The van der Waals surface area contributed by atoms with Gasteiger partial charge in [0.1, 0.15) is 5.75 Å². The fourth-order valence-electron chi connectivity index (χ4n) is 2.60. The van der Waals surface area contributed by atoms with E-state index in [1.807, 2.05) is 0 Å². The van der Waals surface area contributed by atoms with Crippen LogP contribution in [0.2, 0.25) is 0 Å². The van der Waals surface area contributed by atoms with E-state index in [1.54, 1.807) is 0 Å². The molecule has 1 aromatic rings. The van der Waals surface area contributed by atoms with Gasteiger partial charge in [-0.2, -0.15) is 0 Å². The molecule has 2 aliphatic rings. The van der Waals surface area contributed by atoms with Crippen LogP contribution in [0.15, 0.2) is 18.2 Å². The normalized spacial score (nSPS) is 18.9. The molecule has 3 heteroatoms. The third kappa shape index (κ3) is 2.85. The number of rotatable bonds is 5. The lowest BCUT2D eigenvalue weighted by atomic mass is 10.0. The minimum absolute atomic E-state index is 0.849. The Morgan fingerprint density at radius 1 is 1.33 bits per heavy atom. The van der Waals surface area contributed by atoms with Gasteiger partial charge in [-0.25, -0.2) is 0 Å². The molecule has 0 amide bonds. The molecule has 98 valence electrons. The Balaban J connectivity index is 1.46. The van der Waals surface area contributed by atoms with Crippen molar-refractivity contribution in [3.63, 3.8) is 0 Å². The quantitative estimate of drug-likeness (QED) is 0.770. The van der Waals surface area contributed by atoms with Crippen molar-refractivity contribution in [1.29, 1.82) is 0 Å². The van der Waals surface area contributed by atoms with Crippen LogP contribution >= 0.6 is 0 Å². The Bertz CT molecular complexity index is 401. The molecule has 0 saturated carbocycles. The summed E-state index contributed by atoms with van der Waals surface area (Å²) in [5.74, 6) is 1.94. The Morgan fingerprint density at radius 2 is 2.28 bits per heavy atom. The maximum Gasteiger partial charge on any atom is 0.122 e. The molecule has 2 heterocycles. The molecular formula is C15H22N2O. The van der Waals surface area contributed by atoms with E-state index in [0.29, 0.717) is 0 Å². The second-order valence-corrected chi connectivity index (χ2v) is 5.37. The fourth-order valence-corrected chi connectivity index (χ4v) is 2.60. The summed E-state index contributed by atoms with van der Waals surface area (Å²) in [7, 11) is 0. The SMILES string of the molecule is c1cc2c(cc1CCNCC1CNC1)CCCO2. The Hall–Kier alpha value is -1.06. The molecule has 0 radical (unpaired) electrons. The molecule has 2 aliphatic heterocycles. The standard InChI is InChI=1S/C15H22N2O/c1-2-14-8-12(3-4-15(14)18-7-1)5-6-16-9-13-10-17-11-13/h3-4,8,13,16-17H,1-2,5-7,9-11H2. The minimum atomic E-state index is 0.849. The monoisotopic (exact) mass is 246 g/mol. The van der Waals surface area contributed by atoms with E-state index in [-0.39, 0.29) is 0 Å². The Morgan fingerprint density at radius 3 is 3.11 bits per heavy atom. The van der Waals surface area contributed by atoms with Crippen molar-refractivity contribution in [3.05, 3.63) is 29.3 Å². The van der Waals surface area contributed by atoms with Crippen LogP contribution in [-0.2, 0) is 12.8 Å². The summed E-state index contributed by atoms with van der Waals surface area (Å²) in [6.45, 7) is 5.48. The molecule has 3 rings (SSSR count). The highest BCUT2D eigenvalue weighted by molar-refractivity contribution is 5.38. The van der Waals surface area contributed by atoms with E-state index in [4.69, 9.17) is 4.74 Å². The molecule has 0 unspecified atom stereocenters. The first-order valence-corrected chi connectivity index (χ1v) is 7.08. The maximum atomic E-state index is 5.64. The first-order chi connectivity index (χ1) is 8.92. The van der Waals surface area contributed by atoms with E-state index in [2.05, 4.69) is 28.8 Å². The summed E-state index contributed by atoms with van der Waals surface area (Å²) in [5.41, 5.74) is 2.82. The molecule has 1 aromatic carbocycles. The van der Waals surface area contributed by atoms with Crippen LogP contribution in [0.1, 0.15) is 17.5 Å². The molecule has 0 aliphatic carbocycles. The van der Waals surface area contributed by atoms with Crippen LogP contribution < -0.4 is 15.4 Å². The van der Waals surface area contributed by atoms with Crippen LogP contribution in [0, 0.1) is 5.92 Å². The van der Waals surface area contributed by atoms with Crippen molar-refractivity contribution < 1.29 is 4.74 Å². The van der Waals surface area contributed by atoms with Crippen LogP contribution in [0.3, 0.4) is 0 Å². The van der Waals surface area contributed by atoms with Crippen LogP contribution in [0.25, 0.3) is 0 Å². The van der Waals surface area contributed by atoms with Gasteiger partial charge >= 0.3 is 0 Å². The summed E-state index contributed by atoms with van der Waals surface area (Å²) >= 11 is 0. The average molecular weight is 246 g/mol. The van der Waals surface area contributed by atoms with Crippen molar-refractivity contribution in [2.24, 2.45) is 5.92 Å². The highest BCUT2D eigenvalue weighted by Crippen LogP contribution is 2.25. The Kier molecular flexibility index (Phi) is 3.81. The summed E-state index contributed by atoms with van der Waals surface area (Å²) in [5, 5.41) is 6.84. The maximum absolute atomic E-state index is 5.64. The summed E-state index contributed by atoms with van der Waals surface area (Å²) in [6.07, 6.45) is 3.45. The molecule has 0 atom stereocenters. The van der Waals surface area contributed by atoms with Crippen molar-refractivity contribution in [2.75, 3.05) is 32.8 Å². The number of hydrogen-bond acceptors (Lipinski definition) is 3. The van der Waals surface area contributed by atoms with Gasteiger partial charge in [0.15, 0.2) is 0 Å². The third-order valence-electron chi connectivity index (χ3n) is 3.86. The van der Waals surface area contributed by atoms with Gasteiger partial charge in [-0.1, -0.05) is 12.1 Å². The van der Waals surface area contributed by atoms with Crippen molar-refractivity contribution >= 4 is 0 Å². The highest BCUT2D eigenvalue weighted by Gasteiger charge is 2.15. The van der Waals surface area contributed by atoms with Gasteiger partial charge in [0.05, 0.1) is 6.61 Å². The largest absolute Gasteiger partial charge is 0.493 e. The molecule has 1 saturated heterocycles. The summed E-state index contributed by atoms with van der Waals surface area (Å²) < 4.78 is 5.64. The molecule has 2 N–H and O–H groups in total. The number of aryl methyl sites for hydroxylation is 1. The fraction of sp³-hybridized carbons (Fsp3) is 0.600. The average Bonchev–Trinajstić information content (AvgIpc) is 2.36. The van der Waals surface area contributed by atoms with Gasteiger partial charge in [-0.05, 0) is 48.9 Å². The van der Waals surface area contributed by atoms with Crippen LogP contribution in [0.5, 0.6) is 5.75 Å². The first kappa shape index (κ1) is 12.0. The lowest BCUT2D eigenvalue weighted by Gasteiger charge is -2.27. The molecule has 0 bridgehead atoms. The van der Waals surface area contributed by atoms with Crippen molar-refractivity contribution in [3.8, 4) is 5.75 Å². The number of ether oxygens (including phenoxy) is 1. The van der Waals surface area contributed by atoms with E-state index in [1.165, 1.54) is 30.6 Å². The van der Waals surface area contributed by atoms with Gasteiger partial charge in [-0.3, -0.25) is 0 Å². The predicted molar refractivity (Wildman–Crippen MR) is 73.2 cm³/mol. The third-order valence-corrected chi connectivity index (χ3v) is 3.86. The Labute approximate surface area is 109 Å². The number of hydrogen-bond donors (Lipinski definition) is 2. The van der Waals surface area contributed by atoms with E-state index in [9.17, 15) is 0 Å². The molecule has 0 spiro atoms. The second-order valence-electron chi connectivity index (χ2n) is 5.37. The lowest BCUT2D eigenvalue weighted by Crippen LogP contribution is -2.47. The molecule has 3 nitrogen and oxygen atoms in total. The van der Waals surface area contributed by atoms with Gasteiger partial charge in [0.2, 0.25) is 0 Å². The van der Waals surface area contributed by atoms with Crippen LogP contribution in [0.4, 0.5) is 0 Å². The topological polar surface area (TPSA) is 33.3 Å². The summed E-state index contributed by atoms with van der Waals surface area (Å²) in [6, 6.07) is 6.66. The van der Waals surface area contributed by atoms with E-state index in [0.717, 1.165) is 44.2 Å². The smallest absolute Gasteiger partial charge is 0.122 e. The number of benzene rings is 1. The number of fused-ring (bicyclic) bond motifs is 1. The minimum Gasteiger partial charge on any atom is -0.493 e. The van der Waals surface area contributed by atoms with Crippen molar-refractivity contribution in [1.82, 2.24) is 10.6 Å². The zero-order valence-electron chi connectivity index (χ0n) is 10.9. The zero-order valence-corrected chi connectivity index (χ0v) is 10.9.